The van der Waals surface area contributed by atoms with Crippen molar-refractivity contribution >= 4 is 17.6 Å². The van der Waals surface area contributed by atoms with Gasteiger partial charge in [0.1, 0.15) is 12.4 Å². The Bertz CT molecular complexity index is 1030. The number of esters is 1. The Morgan fingerprint density at radius 1 is 0.933 bits per heavy atom. The highest BCUT2D eigenvalue weighted by Crippen LogP contribution is 2.34. The van der Waals surface area contributed by atoms with Crippen molar-refractivity contribution in [1.29, 1.82) is 0 Å². The zero-order valence-corrected chi connectivity index (χ0v) is 16.8. The molecule has 3 aromatic rings. The first-order valence-corrected chi connectivity index (χ1v) is 8.97. The molecule has 1 heterocycles. The van der Waals surface area contributed by atoms with Crippen molar-refractivity contribution in [2.24, 2.45) is 0 Å². The summed E-state index contributed by atoms with van der Waals surface area (Å²) >= 11 is 0. The van der Waals surface area contributed by atoms with Gasteiger partial charge in [-0.1, -0.05) is 18.2 Å². The van der Waals surface area contributed by atoms with Crippen LogP contribution in [0.1, 0.15) is 26.5 Å². The molecular formula is C22H21NO7. The Morgan fingerprint density at radius 2 is 1.63 bits per heavy atom. The van der Waals surface area contributed by atoms with Crippen LogP contribution in [0.15, 0.2) is 59.2 Å². The molecule has 1 aromatic heterocycles. The largest absolute Gasteiger partial charge is 0.493 e. The highest BCUT2D eigenvalue weighted by molar-refractivity contribution is 6.08. The van der Waals surface area contributed by atoms with Gasteiger partial charge in [0, 0.05) is 12.1 Å². The minimum absolute atomic E-state index is 0.0650. The smallest absolute Gasteiger partial charge is 0.340 e. The van der Waals surface area contributed by atoms with Crippen molar-refractivity contribution < 1.29 is 33.0 Å². The molecule has 1 N–H and O–H groups in total. The van der Waals surface area contributed by atoms with Crippen LogP contribution >= 0.6 is 0 Å². The predicted molar refractivity (Wildman–Crippen MR) is 108 cm³/mol. The minimum Gasteiger partial charge on any atom is -0.493 e. The summed E-state index contributed by atoms with van der Waals surface area (Å²) in [6.07, 6.45) is 1.40. The highest BCUT2D eigenvalue weighted by Gasteiger charge is 2.22. The van der Waals surface area contributed by atoms with Crippen LogP contribution in [-0.4, -0.2) is 33.2 Å². The lowest BCUT2D eigenvalue weighted by Gasteiger charge is -2.14. The number of methoxy groups -OCH3 is 3. The Morgan fingerprint density at radius 3 is 2.30 bits per heavy atom. The molecule has 8 nitrogen and oxygen atoms in total. The molecule has 0 aliphatic heterocycles. The first-order valence-electron chi connectivity index (χ1n) is 8.97. The first kappa shape index (κ1) is 20.8. The van der Waals surface area contributed by atoms with Gasteiger partial charge in [0.15, 0.2) is 17.3 Å². The van der Waals surface area contributed by atoms with Crippen molar-refractivity contribution in [1.82, 2.24) is 0 Å². The van der Waals surface area contributed by atoms with E-state index in [4.69, 9.17) is 23.4 Å². The lowest BCUT2D eigenvalue weighted by molar-refractivity contribution is 0.0601. The third-order valence-corrected chi connectivity index (χ3v) is 4.28. The molecule has 8 heteroatoms. The fourth-order valence-corrected chi connectivity index (χ4v) is 2.77. The highest BCUT2D eigenvalue weighted by atomic mass is 16.5. The Labute approximate surface area is 173 Å². The molecule has 30 heavy (non-hydrogen) atoms. The van der Waals surface area contributed by atoms with E-state index in [1.165, 1.54) is 45.8 Å². The van der Waals surface area contributed by atoms with Gasteiger partial charge >= 0.3 is 5.97 Å². The molecule has 0 aliphatic carbocycles. The molecule has 2 aromatic carbocycles. The fourth-order valence-electron chi connectivity index (χ4n) is 2.77. The zero-order valence-electron chi connectivity index (χ0n) is 16.8. The monoisotopic (exact) mass is 411 g/mol. The maximum Gasteiger partial charge on any atom is 0.340 e. The lowest BCUT2D eigenvalue weighted by atomic mass is 10.1. The molecule has 0 spiro atoms. The van der Waals surface area contributed by atoms with E-state index >= 15 is 0 Å². The van der Waals surface area contributed by atoms with Crippen LogP contribution in [0.3, 0.4) is 0 Å². The molecule has 1 amide bonds. The van der Waals surface area contributed by atoms with E-state index in [1.54, 1.807) is 12.1 Å². The van der Waals surface area contributed by atoms with E-state index in [0.717, 1.165) is 0 Å². The summed E-state index contributed by atoms with van der Waals surface area (Å²) in [6, 6.07) is 13.6. The van der Waals surface area contributed by atoms with Crippen LogP contribution in [0.4, 0.5) is 5.69 Å². The maximum absolute atomic E-state index is 12.9. The number of hydrogen-bond donors (Lipinski definition) is 1. The molecule has 3 rings (SSSR count). The van der Waals surface area contributed by atoms with Crippen LogP contribution in [0.5, 0.6) is 17.2 Å². The van der Waals surface area contributed by atoms with Crippen molar-refractivity contribution in [2.45, 2.75) is 6.61 Å². The molecule has 156 valence electrons. The average Bonchev–Trinajstić information content (AvgIpc) is 3.26. The fraction of sp³-hybridized carbons (Fsp3) is 0.182. The summed E-state index contributed by atoms with van der Waals surface area (Å²) in [6.45, 7) is 0.0650. The number of anilines is 1. The Hall–Kier alpha value is -3.94. The van der Waals surface area contributed by atoms with Crippen LogP contribution in [0, 0.1) is 0 Å². The normalized spacial score (nSPS) is 10.2. The molecule has 0 radical (unpaired) electrons. The SMILES string of the molecule is COC(=O)c1cc(OC)c(OC)cc1NC(=O)c1ccoc1COc1ccccc1. The quantitative estimate of drug-likeness (QED) is 0.561. The molecule has 0 unspecified atom stereocenters. The van der Waals surface area contributed by atoms with Crippen molar-refractivity contribution in [3.8, 4) is 17.2 Å². The number of para-hydroxylation sites is 1. The number of hydrogen-bond acceptors (Lipinski definition) is 7. The number of ether oxygens (including phenoxy) is 4. The number of furan rings is 1. The number of rotatable bonds is 8. The first-order chi connectivity index (χ1) is 14.6. The van der Waals surface area contributed by atoms with Crippen LogP contribution < -0.4 is 19.5 Å². The van der Waals surface area contributed by atoms with E-state index in [2.05, 4.69) is 5.32 Å². The maximum atomic E-state index is 12.9. The van der Waals surface area contributed by atoms with Crippen molar-refractivity contribution in [2.75, 3.05) is 26.6 Å². The average molecular weight is 411 g/mol. The summed E-state index contributed by atoms with van der Waals surface area (Å²) in [5.74, 6) is 0.555. The molecule has 0 saturated heterocycles. The second kappa shape index (κ2) is 9.51. The Balaban J connectivity index is 1.84. The second-order valence-electron chi connectivity index (χ2n) is 6.06. The summed E-state index contributed by atoms with van der Waals surface area (Å²) in [7, 11) is 4.15. The van der Waals surface area contributed by atoms with Gasteiger partial charge in [0.25, 0.3) is 5.91 Å². The molecular weight excluding hydrogens is 390 g/mol. The second-order valence-corrected chi connectivity index (χ2v) is 6.06. The van der Waals surface area contributed by atoms with Gasteiger partial charge in [-0.3, -0.25) is 4.79 Å². The molecule has 0 aliphatic rings. The van der Waals surface area contributed by atoms with E-state index in [1.807, 2.05) is 18.2 Å². The zero-order chi connectivity index (χ0) is 21.5. The molecule has 0 saturated carbocycles. The summed E-state index contributed by atoms with van der Waals surface area (Å²) in [5.41, 5.74) is 0.603. The minimum atomic E-state index is -0.633. The topological polar surface area (TPSA) is 96.2 Å². The molecule has 0 atom stereocenters. The standard InChI is InChI=1S/C22H21NO7/c1-26-18-11-16(22(25)28-3)17(12-19(18)27-2)23-21(24)15-9-10-29-20(15)13-30-14-7-5-4-6-8-14/h4-12H,13H2,1-3H3,(H,23,24). The lowest BCUT2D eigenvalue weighted by Crippen LogP contribution is -2.17. The summed E-state index contributed by atoms with van der Waals surface area (Å²) in [4.78, 5) is 25.1. The number of carbonyl (C=O) groups excluding carboxylic acids is 2. The van der Waals surface area contributed by atoms with Gasteiger partial charge < -0.3 is 28.7 Å². The van der Waals surface area contributed by atoms with E-state index in [0.29, 0.717) is 23.0 Å². The van der Waals surface area contributed by atoms with Gasteiger partial charge in [-0.2, -0.15) is 0 Å². The van der Waals surface area contributed by atoms with Gasteiger partial charge in [0.05, 0.1) is 44.4 Å². The van der Waals surface area contributed by atoms with Gasteiger partial charge in [-0.05, 0) is 18.2 Å². The van der Waals surface area contributed by atoms with E-state index < -0.39 is 11.9 Å². The van der Waals surface area contributed by atoms with E-state index in [-0.39, 0.29) is 23.4 Å². The third kappa shape index (κ3) is 4.54. The van der Waals surface area contributed by atoms with Crippen LogP contribution in [-0.2, 0) is 11.3 Å². The number of carbonyl (C=O) groups is 2. The van der Waals surface area contributed by atoms with Crippen molar-refractivity contribution in [3.63, 3.8) is 0 Å². The molecule has 0 fully saturated rings. The van der Waals surface area contributed by atoms with Gasteiger partial charge in [-0.25, -0.2) is 4.79 Å². The van der Waals surface area contributed by atoms with Crippen LogP contribution in [0.2, 0.25) is 0 Å². The van der Waals surface area contributed by atoms with Crippen molar-refractivity contribution in [3.05, 3.63) is 71.7 Å². The van der Waals surface area contributed by atoms with Gasteiger partial charge in [-0.15, -0.1) is 0 Å². The van der Waals surface area contributed by atoms with E-state index in [9.17, 15) is 9.59 Å². The number of nitrogens with one attached hydrogen (secondary N) is 1. The summed E-state index contributed by atoms with van der Waals surface area (Å²) < 4.78 is 26.3. The summed E-state index contributed by atoms with van der Waals surface area (Å²) in [5, 5.41) is 2.70. The predicted octanol–water partition coefficient (Wildman–Crippen LogP) is 3.91. The Kier molecular flexibility index (Phi) is 6.59. The third-order valence-electron chi connectivity index (χ3n) is 4.28. The van der Waals surface area contributed by atoms with Crippen LogP contribution in [0.25, 0.3) is 0 Å². The number of amides is 1. The molecule has 0 bridgehead atoms. The number of benzene rings is 2. The van der Waals surface area contributed by atoms with Gasteiger partial charge in [0.2, 0.25) is 0 Å².